The first-order valence-corrected chi connectivity index (χ1v) is 9.66. The van der Waals surface area contributed by atoms with E-state index < -0.39 is 11.4 Å². The lowest BCUT2D eigenvalue weighted by Crippen LogP contribution is -2.45. The Morgan fingerprint density at radius 3 is 2.69 bits per heavy atom. The van der Waals surface area contributed by atoms with Gasteiger partial charge in [0.05, 0.1) is 0 Å². The van der Waals surface area contributed by atoms with Crippen molar-refractivity contribution < 1.29 is 9.53 Å². The lowest BCUT2D eigenvalue weighted by Gasteiger charge is -2.38. The monoisotopic (exact) mass is 385 g/mol. The number of nitrogens with one attached hydrogen (secondary N) is 1. The summed E-state index contributed by atoms with van der Waals surface area (Å²) in [7, 11) is 0. The Hall–Kier alpha value is -3.33. The van der Waals surface area contributed by atoms with Crippen LogP contribution in [0.5, 0.6) is 0 Å². The zero-order valence-electron chi connectivity index (χ0n) is 16.4. The molecule has 1 aromatic rings. The highest BCUT2D eigenvalue weighted by molar-refractivity contribution is 5.66. The second kappa shape index (κ2) is 8.78. The third kappa shape index (κ3) is 4.09. The van der Waals surface area contributed by atoms with Crippen molar-refractivity contribution in [2.24, 2.45) is 11.3 Å². The summed E-state index contributed by atoms with van der Waals surface area (Å²) >= 11 is 0. The minimum atomic E-state index is -1.59. The van der Waals surface area contributed by atoms with E-state index in [2.05, 4.69) is 35.9 Å². The van der Waals surface area contributed by atoms with Crippen LogP contribution in [0, 0.1) is 45.8 Å². The molecule has 0 spiro atoms. The Balaban J connectivity index is 2.05. The number of hydrogen-bond acceptors (Lipinski definition) is 5. The van der Waals surface area contributed by atoms with E-state index in [1.807, 2.05) is 42.5 Å². The molecular weight excluding hydrogens is 362 g/mol. The molecule has 4 atom stereocenters. The molecule has 0 saturated carbocycles. The van der Waals surface area contributed by atoms with Crippen molar-refractivity contribution in [3.63, 3.8) is 0 Å². The van der Waals surface area contributed by atoms with Gasteiger partial charge in [-0.15, -0.1) is 6.58 Å². The first kappa shape index (κ1) is 20.4. The largest absolute Gasteiger partial charge is 0.453 e. The van der Waals surface area contributed by atoms with Crippen LogP contribution in [0.3, 0.4) is 0 Å². The normalized spacial score (nSPS) is 23.4. The molecule has 0 aromatic heterocycles. The molecule has 1 saturated heterocycles. The Kier molecular flexibility index (Phi) is 6.18. The Morgan fingerprint density at radius 1 is 1.34 bits per heavy atom. The van der Waals surface area contributed by atoms with Gasteiger partial charge in [0.2, 0.25) is 5.41 Å². The average molecular weight is 385 g/mol. The molecule has 2 aliphatic heterocycles. The first-order valence-electron chi connectivity index (χ1n) is 9.66. The van der Waals surface area contributed by atoms with Crippen molar-refractivity contribution in [1.82, 2.24) is 5.32 Å². The number of nitriles is 2. The summed E-state index contributed by atoms with van der Waals surface area (Å²) < 4.78 is 4.85. The average Bonchev–Trinajstić information content (AvgIpc) is 3.13. The lowest BCUT2D eigenvalue weighted by atomic mass is 9.66. The van der Waals surface area contributed by atoms with Gasteiger partial charge in [0.1, 0.15) is 12.1 Å². The SMILES string of the molecule is C=CC(c1ccccc1)[C@@H]1C(C(C#N)(C#N)C#CCOC(C)=O)=C[C@H]2CC[C@@H]1N2. The number of ether oxygens (including phenoxy) is 1. The van der Waals surface area contributed by atoms with Crippen LogP contribution in [0.25, 0.3) is 0 Å². The van der Waals surface area contributed by atoms with Gasteiger partial charge in [-0.25, -0.2) is 0 Å². The highest BCUT2D eigenvalue weighted by Gasteiger charge is 2.48. The van der Waals surface area contributed by atoms with E-state index in [4.69, 9.17) is 4.74 Å². The molecular formula is C24H23N3O2. The van der Waals surface area contributed by atoms with Crippen LogP contribution in [-0.2, 0) is 9.53 Å². The van der Waals surface area contributed by atoms with Gasteiger partial charge in [0.15, 0.2) is 6.61 Å². The summed E-state index contributed by atoms with van der Waals surface area (Å²) in [6.07, 6.45) is 5.80. The van der Waals surface area contributed by atoms with E-state index in [1.165, 1.54) is 6.92 Å². The smallest absolute Gasteiger partial charge is 0.303 e. The van der Waals surface area contributed by atoms with E-state index >= 15 is 0 Å². The van der Waals surface area contributed by atoms with E-state index in [0.29, 0.717) is 0 Å². The van der Waals surface area contributed by atoms with Crippen molar-refractivity contribution in [2.75, 3.05) is 6.61 Å². The first-order chi connectivity index (χ1) is 14.0. The molecule has 1 unspecified atom stereocenters. The summed E-state index contributed by atoms with van der Waals surface area (Å²) in [5, 5.41) is 23.6. The molecule has 5 heteroatoms. The molecule has 1 N–H and O–H groups in total. The fraction of sp³-hybridized carbons (Fsp3) is 0.375. The highest BCUT2D eigenvalue weighted by atomic mass is 16.5. The quantitative estimate of drug-likeness (QED) is 0.478. The van der Waals surface area contributed by atoms with Crippen LogP contribution in [0.2, 0.25) is 0 Å². The van der Waals surface area contributed by atoms with Crippen molar-refractivity contribution in [3.05, 3.63) is 60.2 Å². The van der Waals surface area contributed by atoms with E-state index in [0.717, 1.165) is 24.0 Å². The molecule has 0 aliphatic carbocycles. The van der Waals surface area contributed by atoms with Gasteiger partial charge in [-0.2, -0.15) is 10.5 Å². The predicted octanol–water partition coefficient (Wildman–Crippen LogP) is 3.23. The van der Waals surface area contributed by atoms with Gasteiger partial charge in [-0.05, 0) is 24.0 Å². The summed E-state index contributed by atoms with van der Waals surface area (Å²) in [6.45, 7) is 5.19. The highest BCUT2D eigenvalue weighted by Crippen LogP contribution is 2.47. The molecule has 1 aromatic carbocycles. The third-order valence-electron chi connectivity index (χ3n) is 5.61. The Morgan fingerprint density at radius 2 is 2.07 bits per heavy atom. The number of carbonyl (C=O) groups is 1. The second-order valence-electron chi connectivity index (χ2n) is 7.33. The van der Waals surface area contributed by atoms with Gasteiger partial charge in [-0.3, -0.25) is 4.79 Å². The number of hydrogen-bond donors (Lipinski definition) is 1. The van der Waals surface area contributed by atoms with E-state index in [9.17, 15) is 15.3 Å². The maximum absolute atomic E-state index is 11.0. The third-order valence-corrected chi connectivity index (χ3v) is 5.61. The maximum Gasteiger partial charge on any atom is 0.303 e. The molecule has 0 radical (unpaired) electrons. The van der Waals surface area contributed by atoms with Crippen molar-refractivity contribution in [3.8, 4) is 24.0 Å². The minimum Gasteiger partial charge on any atom is -0.453 e. The van der Waals surface area contributed by atoms with Crippen LogP contribution < -0.4 is 5.32 Å². The van der Waals surface area contributed by atoms with Gasteiger partial charge in [0, 0.05) is 30.8 Å². The number of esters is 1. The zero-order chi connectivity index (χ0) is 20.9. The molecule has 146 valence electrons. The van der Waals surface area contributed by atoms with Crippen LogP contribution in [-0.4, -0.2) is 24.7 Å². The van der Waals surface area contributed by atoms with Gasteiger partial charge in [0.25, 0.3) is 0 Å². The van der Waals surface area contributed by atoms with Gasteiger partial charge in [-0.1, -0.05) is 54.3 Å². The summed E-state index contributed by atoms with van der Waals surface area (Å²) in [4.78, 5) is 11.0. The van der Waals surface area contributed by atoms with Crippen LogP contribution in [0.15, 0.2) is 54.6 Å². The zero-order valence-corrected chi connectivity index (χ0v) is 16.4. The number of fused-ring (bicyclic) bond motifs is 2. The molecule has 2 aliphatic rings. The van der Waals surface area contributed by atoms with Crippen LogP contribution >= 0.6 is 0 Å². The maximum atomic E-state index is 11.0. The van der Waals surface area contributed by atoms with Crippen LogP contribution in [0.1, 0.15) is 31.2 Å². The van der Waals surface area contributed by atoms with Crippen molar-refractivity contribution in [1.29, 1.82) is 10.5 Å². The summed E-state index contributed by atoms with van der Waals surface area (Å²) in [5.41, 5.74) is 0.213. The summed E-state index contributed by atoms with van der Waals surface area (Å²) in [5.74, 6) is 4.88. The molecule has 1 fully saturated rings. The van der Waals surface area contributed by atoms with E-state index in [1.54, 1.807) is 0 Å². The topological polar surface area (TPSA) is 85.9 Å². The van der Waals surface area contributed by atoms with Crippen LogP contribution in [0.4, 0.5) is 0 Å². The van der Waals surface area contributed by atoms with Gasteiger partial charge < -0.3 is 10.1 Å². The molecule has 2 bridgehead atoms. The number of allylic oxidation sites excluding steroid dienone is 1. The fourth-order valence-electron chi connectivity index (χ4n) is 4.33. The van der Waals surface area contributed by atoms with Crippen molar-refractivity contribution in [2.45, 2.75) is 37.8 Å². The lowest BCUT2D eigenvalue weighted by molar-refractivity contribution is -0.139. The minimum absolute atomic E-state index is 0.0599. The number of carbonyl (C=O) groups excluding carboxylic acids is 1. The summed E-state index contributed by atoms with van der Waals surface area (Å²) in [6, 6.07) is 14.6. The predicted molar refractivity (Wildman–Crippen MR) is 109 cm³/mol. The molecule has 29 heavy (non-hydrogen) atoms. The number of nitrogens with zero attached hydrogens (tertiary/aromatic N) is 2. The molecule has 0 amide bonds. The van der Waals surface area contributed by atoms with E-state index in [-0.39, 0.29) is 30.5 Å². The Labute approximate surface area is 171 Å². The standard InChI is InChI=1S/C24H23N3O2/c1-3-20(18-8-5-4-6-9-18)23-21(14-19-10-11-22(23)27-19)24(15-25,16-26)12-7-13-29-17(2)28/h3-6,8-9,14,19-20,22-23,27H,1,10-11,13H2,2H3/t19-,20?,22+,23-/m1/s1. The molecule has 2 heterocycles. The number of benzene rings is 1. The Bertz CT molecular complexity index is 942. The number of rotatable bonds is 5. The van der Waals surface area contributed by atoms with Crippen molar-refractivity contribution >= 4 is 5.97 Å². The van der Waals surface area contributed by atoms with Gasteiger partial charge >= 0.3 is 5.97 Å². The molecule has 3 rings (SSSR count). The molecule has 5 nitrogen and oxygen atoms in total. The fourth-order valence-corrected chi connectivity index (χ4v) is 4.33. The second-order valence-corrected chi connectivity index (χ2v) is 7.33.